The summed E-state index contributed by atoms with van der Waals surface area (Å²) in [6.45, 7) is 3.24. The van der Waals surface area contributed by atoms with Crippen LogP contribution in [0.2, 0.25) is 0 Å². The van der Waals surface area contributed by atoms with E-state index < -0.39 is 16.1 Å². The molecule has 0 saturated carbocycles. The van der Waals surface area contributed by atoms with Crippen molar-refractivity contribution in [1.29, 1.82) is 0 Å². The zero-order valence-electron chi connectivity index (χ0n) is 16.4. The molecule has 4 rings (SSSR count). The summed E-state index contributed by atoms with van der Waals surface area (Å²) in [5, 5.41) is 3.06. The first-order valence-corrected chi connectivity index (χ1v) is 11.4. The van der Waals surface area contributed by atoms with Gasteiger partial charge in [-0.25, -0.2) is 0 Å². The summed E-state index contributed by atoms with van der Waals surface area (Å²) in [5.41, 5.74) is 1.76. The lowest BCUT2D eigenvalue weighted by Crippen LogP contribution is -2.52. The fourth-order valence-corrected chi connectivity index (χ4v) is 5.24. The van der Waals surface area contributed by atoms with E-state index in [0.717, 1.165) is 12.8 Å². The number of amidine groups is 1. The molecule has 7 heteroatoms. The van der Waals surface area contributed by atoms with Crippen molar-refractivity contribution in [1.82, 2.24) is 10.2 Å². The minimum atomic E-state index is -3.70. The van der Waals surface area contributed by atoms with E-state index in [0.29, 0.717) is 30.9 Å². The molecule has 0 radical (unpaired) electrons. The monoisotopic (exact) mass is 411 g/mol. The number of nitrogens with one attached hydrogen (secondary N) is 1. The van der Waals surface area contributed by atoms with Crippen LogP contribution in [0.5, 0.6) is 0 Å². The number of benzene rings is 2. The van der Waals surface area contributed by atoms with Gasteiger partial charge in [0.15, 0.2) is 5.84 Å². The molecule has 1 fully saturated rings. The Morgan fingerprint density at radius 2 is 1.86 bits per heavy atom. The largest absolute Gasteiger partial charge is 0.354 e. The second-order valence-electron chi connectivity index (χ2n) is 7.65. The number of piperidine rings is 1. The van der Waals surface area contributed by atoms with Crippen molar-refractivity contribution in [3.05, 3.63) is 65.7 Å². The summed E-state index contributed by atoms with van der Waals surface area (Å²) in [6.07, 6.45) is 2.53. The Morgan fingerprint density at radius 3 is 2.66 bits per heavy atom. The number of sulfonamides is 1. The molecule has 0 spiro atoms. The van der Waals surface area contributed by atoms with Crippen molar-refractivity contribution in [2.24, 2.45) is 4.40 Å². The number of likely N-dealkylation sites (tertiary alicyclic amines) is 1. The van der Waals surface area contributed by atoms with Crippen LogP contribution >= 0.6 is 0 Å². The second kappa shape index (κ2) is 7.99. The molecule has 1 saturated heterocycles. The van der Waals surface area contributed by atoms with Gasteiger partial charge in [-0.1, -0.05) is 49.4 Å². The molecule has 2 aliphatic heterocycles. The third kappa shape index (κ3) is 3.92. The molecule has 0 bridgehead atoms. The minimum absolute atomic E-state index is 0.0723. The van der Waals surface area contributed by atoms with Crippen molar-refractivity contribution in [2.75, 3.05) is 13.1 Å². The zero-order valence-corrected chi connectivity index (χ0v) is 17.2. The molecule has 2 aromatic carbocycles. The Hall–Kier alpha value is -2.67. The van der Waals surface area contributed by atoms with Crippen molar-refractivity contribution in [2.45, 2.75) is 43.0 Å². The van der Waals surface area contributed by atoms with E-state index in [1.54, 1.807) is 24.3 Å². The summed E-state index contributed by atoms with van der Waals surface area (Å²) >= 11 is 0. The number of hydrogen-bond acceptors (Lipinski definition) is 4. The molecule has 152 valence electrons. The summed E-state index contributed by atoms with van der Waals surface area (Å²) in [5.74, 6) is 0.524. The Balaban J connectivity index is 1.52. The fourth-order valence-electron chi connectivity index (χ4n) is 4.02. The Bertz CT molecular complexity index is 1030. The fraction of sp³-hybridized carbons (Fsp3) is 0.364. The summed E-state index contributed by atoms with van der Waals surface area (Å²) in [6, 6.07) is 16.5. The maximum absolute atomic E-state index is 13.0. The van der Waals surface area contributed by atoms with Gasteiger partial charge in [-0.15, -0.1) is 4.40 Å². The van der Waals surface area contributed by atoms with Crippen LogP contribution in [0, 0.1) is 0 Å². The molecule has 2 atom stereocenters. The summed E-state index contributed by atoms with van der Waals surface area (Å²) in [4.78, 5) is 15.1. The van der Waals surface area contributed by atoms with Crippen LogP contribution in [0.4, 0.5) is 0 Å². The molecular weight excluding hydrogens is 386 g/mol. The van der Waals surface area contributed by atoms with Crippen molar-refractivity contribution >= 4 is 21.8 Å². The van der Waals surface area contributed by atoms with Crippen LogP contribution in [0.25, 0.3) is 0 Å². The first-order valence-electron chi connectivity index (χ1n) is 10.0. The lowest BCUT2D eigenvalue weighted by Gasteiger charge is -2.36. The smallest absolute Gasteiger partial charge is 0.285 e. The number of rotatable bonds is 4. The normalized spacial score (nSPS) is 21.2. The van der Waals surface area contributed by atoms with E-state index in [9.17, 15) is 13.2 Å². The lowest BCUT2D eigenvalue weighted by atomic mass is 9.98. The predicted octanol–water partition coefficient (Wildman–Crippen LogP) is 2.91. The highest BCUT2D eigenvalue weighted by Gasteiger charge is 2.37. The van der Waals surface area contributed by atoms with E-state index in [2.05, 4.69) is 28.8 Å². The Kier molecular flexibility index (Phi) is 5.41. The van der Waals surface area contributed by atoms with Gasteiger partial charge in [0.2, 0.25) is 5.91 Å². The van der Waals surface area contributed by atoms with Crippen molar-refractivity contribution in [3.8, 4) is 0 Å². The average Bonchev–Trinajstić information content (AvgIpc) is 3.03. The summed E-state index contributed by atoms with van der Waals surface area (Å²) < 4.78 is 28.9. The van der Waals surface area contributed by atoms with E-state index in [1.165, 1.54) is 5.56 Å². The van der Waals surface area contributed by atoms with E-state index >= 15 is 0 Å². The van der Waals surface area contributed by atoms with E-state index in [4.69, 9.17) is 0 Å². The van der Waals surface area contributed by atoms with Gasteiger partial charge in [-0.3, -0.25) is 4.79 Å². The van der Waals surface area contributed by atoms with Gasteiger partial charge in [-0.2, -0.15) is 8.42 Å². The highest BCUT2D eigenvalue weighted by molar-refractivity contribution is 7.90. The first kappa shape index (κ1) is 19.6. The molecule has 29 heavy (non-hydrogen) atoms. The molecule has 6 nitrogen and oxygen atoms in total. The number of carbonyl (C=O) groups excluding carboxylic acids is 1. The number of fused-ring (bicyclic) bond motifs is 1. The lowest BCUT2D eigenvalue weighted by molar-refractivity contribution is -0.126. The zero-order chi connectivity index (χ0) is 20.4. The van der Waals surface area contributed by atoms with Gasteiger partial charge in [0, 0.05) is 18.7 Å². The summed E-state index contributed by atoms with van der Waals surface area (Å²) in [7, 11) is -3.70. The quantitative estimate of drug-likeness (QED) is 0.839. The highest BCUT2D eigenvalue weighted by atomic mass is 32.2. The van der Waals surface area contributed by atoms with Crippen LogP contribution in [0.15, 0.2) is 63.9 Å². The Morgan fingerprint density at radius 1 is 1.14 bits per heavy atom. The van der Waals surface area contributed by atoms with E-state index in [-0.39, 0.29) is 16.7 Å². The van der Waals surface area contributed by atoms with Gasteiger partial charge in [-0.05, 0) is 42.9 Å². The third-order valence-corrected chi connectivity index (χ3v) is 6.97. The maximum Gasteiger partial charge on any atom is 0.285 e. The average molecular weight is 412 g/mol. The van der Waals surface area contributed by atoms with Crippen molar-refractivity contribution in [3.63, 3.8) is 0 Å². The van der Waals surface area contributed by atoms with Gasteiger partial charge >= 0.3 is 0 Å². The van der Waals surface area contributed by atoms with Crippen LogP contribution < -0.4 is 5.32 Å². The van der Waals surface area contributed by atoms with Crippen LogP contribution in [-0.2, 0) is 14.8 Å². The number of amides is 1. The number of nitrogens with zero attached hydrogens (tertiary/aromatic N) is 2. The van der Waals surface area contributed by atoms with Crippen molar-refractivity contribution < 1.29 is 13.2 Å². The molecule has 2 heterocycles. The topological polar surface area (TPSA) is 78.8 Å². The van der Waals surface area contributed by atoms with Crippen LogP contribution in [0.1, 0.15) is 43.2 Å². The highest BCUT2D eigenvalue weighted by Crippen LogP contribution is 2.30. The second-order valence-corrected chi connectivity index (χ2v) is 9.22. The predicted molar refractivity (Wildman–Crippen MR) is 112 cm³/mol. The molecule has 2 aromatic rings. The van der Waals surface area contributed by atoms with Gasteiger partial charge in [0.05, 0.1) is 0 Å². The standard InChI is InChI=1S/C22H25N3O3S/c1-16(17-9-3-2-4-10-17)15-23-22(26)19-12-7-8-14-25(19)21-18-11-5-6-13-20(18)29(27,28)24-21/h2-6,9-11,13,16,19H,7-8,12,14-15H2,1H3,(H,23,26)/t16-,19+/m0/s1. The van der Waals surface area contributed by atoms with Gasteiger partial charge in [0.25, 0.3) is 10.0 Å². The molecular formula is C22H25N3O3S. The SMILES string of the molecule is C[C@@H](CNC(=O)[C@H]1CCCCN1C1=NS(=O)(=O)c2ccccc21)c1ccccc1. The molecule has 0 aromatic heterocycles. The molecule has 1 N–H and O–H groups in total. The minimum Gasteiger partial charge on any atom is -0.354 e. The Labute approximate surface area is 171 Å². The third-order valence-electron chi connectivity index (χ3n) is 5.64. The molecule has 1 amide bonds. The van der Waals surface area contributed by atoms with Gasteiger partial charge in [0.1, 0.15) is 10.9 Å². The van der Waals surface area contributed by atoms with Gasteiger partial charge < -0.3 is 10.2 Å². The molecule has 0 aliphatic carbocycles. The first-order chi connectivity index (χ1) is 14.0. The maximum atomic E-state index is 13.0. The molecule has 0 unspecified atom stereocenters. The number of hydrogen-bond donors (Lipinski definition) is 1. The van der Waals surface area contributed by atoms with E-state index in [1.807, 2.05) is 23.1 Å². The molecule has 2 aliphatic rings. The van der Waals surface area contributed by atoms with Crippen LogP contribution in [-0.4, -0.2) is 44.2 Å². The van der Waals surface area contributed by atoms with Crippen LogP contribution in [0.3, 0.4) is 0 Å². The number of carbonyl (C=O) groups is 1.